The normalized spacial score (nSPS) is 11.6. The van der Waals surface area contributed by atoms with Gasteiger partial charge >= 0.3 is 0 Å². The van der Waals surface area contributed by atoms with Gasteiger partial charge in [-0.2, -0.15) is 0 Å². The van der Waals surface area contributed by atoms with Crippen molar-refractivity contribution in [2.45, 2.75) is 18.7 Å². The van der Waals surface area contributed by atoms with Gasteiger partial charge in [-0.25, -0.2) is 8.42 Å². The standard InChI is InChI=1S/C11H17NO2S2/c1-3-16(13,14)8-7-15-11-6-4-5-10(12)9(11)2/h4-6H,3,7-8,12H2,1-2H3. The molecule has 1 aromatic rings. The molecule has 0 radical (unpaired) electrons. The number of anilines is 1. The lowest BCUT2D eigenvalue weighted by Gasteiger charge is -2.07. The van der Waals surface area contributed by atoms with Crippen LogP contribution in [-0.4, -0.2) is 25.7 Å². The Morgan fingerprint density at radius 3 is 2.69 bits per heavy atom. The first-order valence-electron chi connectivity index (χ1n) is 5.14. The van der Waals surface area contributed by atoms with Gasteiger partial charge in [0.1, 0.15) is 0 Å². The smallest absolute Gasteiger partial charge is 0.150 e. The van der Waals surface area contributed by atoms with Crippen molar-refractivity contribution < 1.29 is 8.42 Å². The summed E-state index contributed by atoms with van der Waals surface area (Å²) in [6.07, 6.45) is 0. The first-order valence-corrected chi connectivity index (χ1v) is 7.95. The molecule has 0 aromatic heterocycles. The highest BCUT2D eigenvalue weighted by Crippen LogP contribution is 2.26. The molecule has 0 aliphatic heterocycles. The van der Waals surface area contributed by atoms with Crippen molar-refractivity contribution >= 4 is 27.3 Å². The monoisotopic (exact) mass is 259 g/mol. The van der Waals surface area contributed by atoms with Gasteiger partial charge in [0.15, 0.2) is 9.84 Å². The number of nitrogens with two attached hydrogens (primary N) is 1. The van der Waals surface area contributed by atoms with Gasteiger partial charge in [-0.05, 0) is 24.6 Å². The summed E-state index contributed by atoms with van der Waals surface area (Å²) in [6, 6.07) is 5.70. The van der Waals surface area contributed by atoms with E-state index in [9.17, 15) is 8.42 Å². The van der Waals surface area contributed by atoms with Crippen LogP contribution < -0.4 is 5.73 Å². The van der Waals surface area contributed by atoms with Crippen LogP contribution in [0.1, 0.15) is 12.5 Å². The Labute approximate surface area is 101 Å². The molecule has 0 unspecified atom stereocenters. The first-order chi connectivity index (χ1) is 7.46. The Morgan fingerprint density at radius 2 is 2.06 bits per heavy atom. The fourth-order valence-electron chi connectivity index (χ4n) is 1.21. The molecular weight excluding hydrogens is 242 g/mol. The van der Waals surface area contributed by atoms with E-state index < -0.39 is 9.84 Å². The Bertz CT molecular complexity index is 455. The lowest BCUT2D eigenvalue weighted by molar-refractivity contribution is 0.599. The van der Waals surface area contributed by atoms with Crippen molar-refractivity contribution in [3.8, 4) is 0 Å². The Kier molecular flexibility index (Phi) is 4.68. The van der Waals surface area contributed by atoms with Crippen molar-refractivity contribution in [3.05, 3.63) is 23.8 Å². The SMILES string of the molecule is CCS(=O)(=O)CCSc1cccc(N)c1C. The summed E-state index contributed by atoms with van der Waals surface area (Å²) >= 11 is 1.54. The summed E-state index contributed by atoms with van der Waals surface area (Å²) in [5.74, 6) is 1.02. The zero-order chi connectivity index (χ0) is 12.2. The highest BCUT2D eigenvalue weighted by molar-refractivity contribution is 8.00. The molecule has 0 saturated heterocycles. The van der Waals surface area contributed by atoms with Crippen LogP contribution in [0.4, 0.5) is 5.69 Å². The zero-order valence-electron chi connectivity index (χ0n) is 9.56. The molecule has 16 heavy (non-hydrogen) atoms. The molecule has 2 N–H and O–H groups in total. The molecular formula is C11H17NO2S2. The number of sulfone groups is 1. The number of benzene rings is 1. The van der Waals surface area contributed by atoms with E-state index in [1.165, 1.54) is 0 Å². The van der Waals surface area contributed by atoms with Gasteiger partial charge in [-0.15, -0.1) is 11.8 Å². The lowest BCUT2D eigenvalue weighted by atomic mass is 10.2. The Hall–Kier alpha value is -0.680. The minimum absolute atomic E-state index is 0.212. The maximum absolute atomic E-state index is 11.3. The lowest BCUT2D eigenvalue weighted by Crippen LogP contribution is -2.10. The topological polar surface area (TPSA) is 60.2 Å². The van der Waals surface area contributed by atoms with Crippen molar-refractivity contribution in [2.75, 3.05) is 23.0 Å². The molecule has 0 amide bonds. The summed E-state index contributed by atoms with van der Waals surface area (Å²) in [5, 5.41) is 0. The van der Waals surface area contributed by atoms with E-state index in [1.807, 2.05) is 25.1 Å². The molecule has 0 atom stereocenters. The van der Waals surface area contributed by atoms with Crippen LogP contribution >= 0.6 is 11.8 Å². The third kappa shape index (κ3) is 3.72. The van der Waals surface area contributed by atoms with E-state index in [4.69, 9.17) is 5.73 Å². The van der Waals surface area contributed by atoms with Gasteiger partial charge in [0.25, 0.3) is 0 Å². The summed E-state index contributed by atoms with van der Waals surface area (Å²) in [7, 11) is -2.86. The van der Waals surface area contributed by atoms with Gasteiger partial charge in [-0.1, -0.05) is 13.0 Å². The van der Waals surface area contributed by atoms with Gasteiger partial charge in [0.05, 0.1) is 5.75 Å². The largest absolute Gasteiger partial charge is 0.398 e. The van der Waals surface area contributed by atoms with Crippen molar-refractivity contribution in [2.24, 2.45) is 0 Å². The van der Waals surface area contributed by atoms with Crippen LogP contribution in [0.25, 0.3) is 0 Å². The third-order valence-electron chi connectivity index (χ3n) is 2.42. The highest BCUT2D eigenvalue weighted by atomic mass is 32.2. The summed E-state index contributed by atoms with van der Waals surface area (Å²) in [5.41, 5.74) is 7.55. The maximum atomic E-state index is 11.3. The number of nitrogen functional groups attached to an aromatic ring is 1. The van der Waals surface area contributed by atoms with Crippen molar-refractivity contribution in [3.63, 3.8) is 0 Å². The molecule has 0 aliphatic rings. The Morgan fingerprint density at radius 1 is 1.38 bits per heavy atom. The fourth-order valence-corrected chi connectivity index (χ4v) is 3.58. The van der Waals surface area contributed by atoms with Crippen LogP contribution in [-0.2, 0) is 9.84 Å². The van der Waals surface area contributed by atoms with E-state index >= 15 is 0 Å². The number of hydrogen-bond donors (Lipinski definition) is 1. The van der Waals surface area contributed by atoms with Crippen molar-refractivity contribution in [1.82, 2.24) is 0 Å². The molecule has 5 heteroatoms. The summed E-state index contributed by atoms with van der Waals surface area (Å²) in [4.78, 5) is 1.06. The van der Waals surface area contributed by atoms with Crippen LogP contribution in [0.15, 0.2) is 23.1 Å². The molecule has 1 aromatic carbocycles. The number of hydrogen-bond acceptors (Lipinski definition) is 4. The Balaban J connectivity index is 2.59. The fraction of sp³-hybridized carbons (Fsp3) is 0.455. The third-order valence-corrected chi connectivity index (χ3v) is 5.54. The minimum atomic E-state index is -2.86. The number of rotatable bonds is 5. The number of thioether (sulfide) groups is 1. The van der Waals surface area contributed by atoms with E-state index in [0.717, 1.165) is 16.1 Å². The van der Waals surface area contributed by atoms with Crippen LogP contribution in [0.3, 0.4) is 0 Å². The molecule has 0 fully saturated rings. The molecule has 0 heterocycles. The van der Waals surface area contributed by atoms with Crippen molar-refractivity contribution in [1.29, 1.82) is 0 Å². The molecule has 0 aliphatic carbocycles. The second-order valence-electron chi connectivity index (χ2n) is 3.56. The molecule has 3 nitrogen and oxygen atoms in total. The molecule has 90 valence electrons. The second kappa shape index (κ2) is 5.59. The molecule has 0 saturated carbocycles. The average Bonchev–Trinajstić information content (AvgIpc) is 2.24. The van der Waals surface area contributed by atoms with E-state index in [-0.39, 0.29) is 11.5 Å². The van der Waals surface area contributed by atoms with E-state index in [0.29, 0.717) is 5.75 Å². The zero-order valence-corrected chi connectivity index (χ0v) is 11.2. The van der Waals surface area contributed by atoms with Crippen LogP contribution in [0.5, 0.6) is 0 Å². The van der Waals surface area contributed by atoms with E-state index in [1.54, 1.807) is 18.7 Å². The van der Waals surface area contributed by atoms with Crippen LogP contribution in [0.2, 0.25) is 0 Å². The summed E-state index contributed by atoms with van der Waals surface area (Å²) < 4.78 is 22.6. The minimum Gasteiger partial charge on any atom is -0.398 e. The quantitative estimate of drug-likeness (QED) is 0.650. The van der Waals surface area contributed by atoms with Gasteiger partial charge < -0.3 is 5.73 Å². The molecule has 0 spiro atoms. The summed E-state index contributed by atoms with van der Waals surface area (Å²) in [6.45, 7) is 3.62. The van der Waals surface area contributed by atoms with E-state index in [2.05, 4.69) is 0 Å². The second-order valence-corrected chi connectivity index (χ2v) is 7.16. The highest BCUT2D eigenvalue weighted by Gasteiger charge is 2.08. The first kappa shape index (κ1) is 13.4. The maximum Gasteiger partial charge on any atom is 0.150 e. The molecule has 0 bridgehead atoms. The van der Waals surface area contributed by atoms with Gasteiger partial charge in [0, 0.05) is 22.1 Å². The van der Waals surface area contributed by atoms with Gasteiger partial charge in [0.2, 0.25) is 0 Å². The van der Waals surface area contributed by atoms with Gasteiger partial charge in [-0.3, -0.25) is 0 Å². The molecule has 1 rings (SSSR count). The van der Waals surface area contributed by atoms with Crippen LogP contribution in [0, 0.1) is 6.92 Å². The predicted molar refractivity (Wildman–Crippen MR) is 70.6 cm³/mol. The average molecular weight is 259 g/mol. The predicted octanol–water partition coefficient (Wildman–Crippen LogP) is 2.10.